The Kier molecular flexibility index (Phi) is 3.76. The van der Waals surface area contributed by atoms with E-state index in [2.05, 4.69) is 15.9 Å². The van der Waals surface area contributed by atoms with Crippen LogP contribution in [0.2, 0.25) is 5.02 Å². The minimum Gasteiger partial charge on any atom is -0.449 e. The van der Waals surface area contributed by atoms with Crippen molar-refractivity contribution < 1.29 is 9.47 Å². The molecular formula is C15H13BrClNO2S. The van der Waals surface area contributed by atoms with Gasteiger partial charge in [-0.25, -0.2) is 0 Å². The summed E-state index contributed by atoms with van der Waals surface area (Å²) in [6.45, 7) is 3.73. The van der Waals surface area contributed by atoms with Crippen LogP contribution in [0.4, 0.5) is 5.69 Å². The fourth-order valence-electron chi connectivity index (χ4n) is 2.03. The molecule has 0 spiro atoms. The van der Waals surface area contributed by atoms with Crippen molar-refractivity contribution in [3.05, 3.63) is 39.8 Å². The molecule has 0 radical (unpaired) electrons. The number of rotatable bonds is 2. The van der Waals surface area contributed by atoms with Crippen LogP contribution in [0, 0.1) is 0 Å². The monoisotopic (exact) mass is 385 g/mol. The molecule has 1 heterocycles. The normalized spacial score (nSPS) is 15.2. The molecule has 2 aromatic carbocycles. The molecule has 0 fully saturated rings. The van der Waals surface area contributed by atoms with Crippen molar-refractivity contribution in [1.29, 1.82) is 0 Å². The third-order valence-corrected chi connectivity index (χ3v) is 5.20. The number of fused-ring (bicyclic) bond motifs is 1. The van der Waals surface area contributed by atoms with Crippen molar-refractivity contribution in [2.45, 2.75) is 29.4 Å². The molecule has 1 aliphatic heterocycles. The molecule has 0 saturated heterocycles. The third-order valence-electron chi connectivity index (χ3n) is 2.90. The molecular weight excluding hydrogens is 374 g/mol. The van der Waals surface area contributed by atoms with Crippen molar-refractivity contribution in [3.8, 4) is 11.5 Å². The van der Waals surface area contributed by atoms with Gasteiger partial charge in [0.05, 0.1) is 0 Å². The van der Waals surface area contributed by atoms with E-state index < -0.39 is 5.79 Å². The lowest BCUT2D eigenvalue weighted by molar-refractivity contribution is -0.0431. The summed E-state index contributed by atoms with van der Waals surface area (Å²) in [4.78, 5) is 1.95. The van der Waals surface area contributed by atoms with Crippen LogP contribution < -0.4 is 15.2 Å². The number of nitrogen functional groups attached to an aromatic ring is 1. The number of ether oxygens (including phenoxy) is 2. The number of hydrogen-bond donors (Lipinski definition) is 1. The van der Waals surface area contributed by atoms with E-state index in [0.29, 0.717) is 22.2 Å². The molecule has 0 aliphatic carbocycles. The zero-order chi connectivity index (χ0) is 15.2. The number of halogens is 2. The Balaban J connectivity index is 1.94. The first-order valence-corrected chi connectivity index (χ1v) is 8.27. The molecule has 3 rings (SSSR count). The second kappa shape index (κ2) is 5.30. The first-order valence-electron chi connectivity index (χ1n) is 6.28. The summed E-state index contributed by atoms with van der Waals surface area (Å²) in [6, 6.07) is 9.36. The van der Waals surface area contributed by atoms with Crippen LogP contribution in [0.15, 0.2) is 44.6 Å². The maximum absolute atomic E-state index is 6.11. The fraction of sp³-hybridized carbons (Fsp3) is 0.200. The van der Waals surface area contributed by atoms with Crippen LogP contribution >= 0.6 is 39.3 Å². The van der Waals surface area contributed by atoms with Crippen molar-refractivity contribution in [1.82, 2.24) is 0 Å². The predicted octanol–water partition coefficient (Wildman–Crippen LogP) is 5.34. The zero-order valence-electron chi connectivity index (χ0n) is 11.4. The van der Waals surface area contributed by atoms with Gasteiger partial charge >= 0.3 is 0 Å². The number of benzene rings is 2. The second-order valence-corrected chi connectivity index (χ2v) is 7.49. The maximum atomic E-state index is 6.11. The lowest BCUT2D eigenvalue weighted by Crippen LogP contribution is -2.29. The molecule has 2 aromatic rings. The topological polar surface area (TPSA) is 44.5 Å². The van der Waals surface area contributed by atoms with E-state index in [9.17, 15) is 0 Å². The van der Waals surface area contributed by atoms with E-state index in [4.69, 9.17) is 26.8 Å². The molecule has 21 heavy (non-hydrogen) atoms. The van der Waals surface area contributed by atoms with Crippen LogP contribution in [0.5, 0.6) is 11.5 Å². The van der Waals surface area contributed by atoms with Gasteiger partial charge in [-0.2, -0.15) is 0 Å². The van der Waals surface area contributed by atoms with E-state index in [1.807, 2.05) is 38.1 Å². The maximum Gasteiger partial charge on any atom is 0.246 e. The summed E-state index contributed by atoms with van der Waals surface area (Å²) in [7, 11) is 0. The number of anilines is 1. The van der Waals surface area contributed by atoms with Gasteiger partial charge in [-0.15, -0.1) is 0 Å². The van der Waals surface area contributed by atoms with Gasteiger partial charge in [-0.3, -0.25) is 0 Å². The Morgan fingerprint density at radius 3 is 2.43 bits per heavy atom. The average Bonchev–Trinajstić information content (AvgIpc) is 2.66. The molecule has 6 heteroatoms. The Morgan fingerprint density at radius 1 is 1.10 bits per heavy atom. The SMILES string of the molecule is CC1(C)Oc2cc(N)c(Sc3ccc(Cl)cc3Br)cc2O1. The van der Waals surface area contributed by atoms with Crippen LogP contribution in [-0.2, 0) is 0 Å². The highest BCUT2D eigenvalue weighted by atomic mass is 79.9. The minimum atomic E-state index is -0.654. The summed E-state index contributed by atoms with van der Waals surface area (Å²) in [5.41, 5.74) is 6.77. The first kappa shape index (κ1) is 14.9. The number of hydrogen-bond acceptors (Lipinski definition) is 4. The molecule has 0 unspecified atom stereocenters. The fourth-order valence-corrected chi connectivity index (χ4v) is 3.83. The molecule has 0 saturated carbocycles. The van der Waals surface area contributed by atoms with Gasteiger partial charge in [-0.05, 0) is 34.1 Å². The molecule has 1 aliphatic rings. The highest BCUT2D eigenvalue weighted by Crippen LogP contribution is 2.46. The van der Waals surface area contributed by atoms with Crippen LogP contribution in [0.25, 0.3) is 0 Å². The van der Waals surface area contributed by atoms with E-state index in [1.54, 1.807) is 17.8 Å². The summed E-state index contributed by atoms with van der Waals surface area (Å²) in [5.74, 6) is 0.734. The molecule has 0 amide bonds. The molecule has 0 aromatic heterocycles. The van der Waals surface area contributed by atoms with E-state index >= 15 is 0 Å². The Labute approximate surface area is 140 Å². The highest BCUT2D eigenvalue weighted by molar-refractivity contribution is 9.10. The van der Waals surface area contributed by atoms with Gasteiger partial charge in [0, 0.05) is 51.0 Å². The summed E-state index contributed by atoms with van der Waals surface area (Å²) < 4.78 is 12.4. The minimum absolute atomic E-state index is 0.654. The van der Waals surface area contributed by atoms with Crippen molar-refractivity contribution >= 4 is 45.0 Å². The first-order chi connectivity index (χ1) is 9.84. The molecule has 2 N–H and O–H groups in total. The van der Waals surface area contributed by atoms with Crippen LogP contribution in [0.1, 0.15) is 13.8 Å². The molecule has 110 valence electrons. The Hall–Kier alpha value is -1.04. The summed E-state index contributed by atoms with van der Waals surface area (Å²) in [5, 5.41) is 0.687. The van der Waals surface area contributed by atoms with Crippen molar-refractivity contribution in [2.75, 3.05) is 5.73 Å². The molecule has 0 bridgehead atoms. The zero-order valence-corrected chi connectivity index (χ0v) is 14.6. The third kappa shape index (κ3) is 3.10. The van der Waals surface area contributed by atoms with Gasteiger partial charge < -0.3 is 15.2 Å². The summed E-state index contributed by atoms with van der Waals surface area (Å²) >= 11 is 11.0. The van der Waals surface area contributed by atoms with Crippen molar-refractivity contribution in [2.24, 2.45) is 0 Å². The standard InChI is InChI=1S/C15H13BrClNO2S/c1-15(2)19-11-6-10(18)14(7-12(11)20-15)21-13-4-3-8(17)5-9(13)16/h3-7H,18H2,1-2H3. The van der Waals surface area contributed by atoms with E-state index in [-0.39, 0.29) is 0 Å². The van der Waals surface area contributed by atoms with Gasteiger partial charge in [-0.1, -0.05) is 23.4 Å². The predicted molar refractivity (Wildman–Crippen MR) is 89.5 cm³/mol. The summed E-state index contributed by atoms with van der Waals surface area (Å²) in [6.07, 6.45) is 0. The molecule has 0 atom stereocenters. The Morgan fingerprint density at radius 2 is 1.76 bits per heavy atom. The van der Waals surface area contributed by atoms with Gasteiger partial charge in [0.25, 0.3) is 0 Å². The lowest BCUT2D eigenvalue weighted by atomic mass is 10.3. The Bertz CT molecular complexity index is 721. The van der Waals surface area contributed by atoms with E-state index in [1.165, 1.54) is 0 Å². The molecule has 3 nitrogen and oxygen atoms in total. The van der Waals surface area contributed by atoms with Gasteiger partial charge in [0.15, 0.2) is 11.5 Å². The van der Waals surface area contributed by atoms with Gasteiger partial charge in [0.1, 0.15) is 0 Å². The smallest absolute Gasteiger partial charge is 0.246 e. The van der Waals surface area contributed by atoms with E-state index in [0.717, 1.165) is 14.3 Å². The lowest BCUT2D eigenvalue weighted by Gasteiger charge is -2.16. The van der Waals surface area contributed by atoms with Gasteiger partial charge in [0.2, 0.25) is 5.79 Å². The highest BCUT2D eigenvalue weighted by Gasteiger charge is 2.32. The average molecular weight is 387 g/mol. The second-order valence-electron chi connectivity index (χ2n) is 5.12. The largest absolute Gasteiger partial charge is 0.449 e. The van der Waals surface area contributed by atoms with Crippen LogP contribution in [-0.4, -0.2) is 5.79 Å². The number of nitrogens with two attached hydrogens (primary N) is 1. The quantitative estimate of drug-likeness (QED) is 0.707. The van der Waals surface area contributed by atoms with Crippen LogP contribution in [0.3, 0.4) is 0 Å². The van der Waals surface area contributed by atoms with Crippen molar-refractivity contribution in [3.63, 3.8) is 0 Å².